The number of hydrogen-bond donors (Lipinski definition) is 1. The number of amides is 1. The van der Waals surface area contributed by atoms with Crippen LogP contribution in [0.4, 0.5) is 13.2 Å². The number of carbonyl (C=O) groups excluding carboxylic acids is 1. The van der Waals surface area contributed by atoms with Crippen LogP contribution < -0.4 is 14.8 Å². The van der Waals surface area contributed by atoms with E-state index >= 15 is 0 Å². The molecule has 7 nitrogen and oxygen atoms in total. The number of methoxy groups -OCH3 is 1. The summed E-state index contributed by atoms with van der Waals surface area (Å²) in [6.07, 6.45) is 0.0534. The summed E-state index contributed by atoms with van der Waals surface area (Å²) in [4.78, 5) is 20.9. The average molecular weight is 420 g/mol. The van der Waals surface area contributed by atoms with Gasteiger partial charge in [0.2, 0.25) is 5.88 Å². The summed E-state index contributed by atoms with van der Waals surface area (Å²) in [5.74, 6) is 0.515. The fourth-order valence-electron chi connectivity index (χ4n) is 2.74. The monoisotopic (exact) mass is 420 g/mol. The molecule has 0 saturated carbocycles. The van der Waals surface area contributed by atoms with E-state index in [1.807, 2.05) is 6.07 Å². The molecule has 0 aliphatic rings. The van der Waals surface area contributed by atoms with Gasteiger partial charge in [0.25, 0.3) is 5.91 Å². The minimum absolute atomic E-state index is 0.163. The molecule has 0 radical (unpaired) electrons. The van der Waals surface area contributed by atoms with Gasteiger partial charge < -0.3 is 19.4 Å². The molecular weight excluding hydrogens is 401 g/mol. The van der Waals surface area contributed by atoms with Crippen molar-refractivity contribution in [3.05, 3.63) is 71.9 Å². The van der Waals surface area contributed by atoms with Crippen LogP contribution in [0.3, 0.4) is 0 Å². The third-order valence-corrected chi connectivity index (χ3v) is 4.20. The molecule has 158 valence electrons. The minimum atomic E-state index is -4.47. The van der Waals surface area contributed by atoms with Crippen LogP contribution >= 0.6 is 0 Å². The fourth-order valence-corrected chi connectivity index (χ4v) is 2.74. The van der Waals surface area contributed by atoms with Gasteiger partial charge >= 0.3 is 6.18 Å². The zero-order valence-corrected chi connectivity index (χ0v) is 16.2. The molecule has 0 bridgehead atoms. The topological polar surface area (TPSA) is 78.3 Å². The number of nitrogens with one attached hydrogen (secondary N) is 1. The van der Waals surface area contributed by atoms with Gasteiger partial charge in [0, 0.05) is 31.7 Å². The van der Waals surface area contributed by atoms with Gasteiger partial charge in [-0.2, -0.15) is 13.2 Å². The lowest BCUT2D eigenvalue weighted by Crippen LogP contribution is -2.31. The van der Waals surface area contributed by atoms with E-state index in [2.05, 4.69) is 20.0 Å². The second-order valence-corrected chi connectivity index (χ2v) is 6.37. The van der Waals surface area contributed by atoms with Gasteiger partial charge in [0.05, 0.1) is 12.7 Å². The summed E-state index contributed by atoms with van der Waals surface area (Å²) in [6, 6.07) is 9.15. The van der Waals surface area contributed by atoms with E-state index in [-0.39, 0.29) is 11.4 Å². The molecule has 1 atom stereocenters. The van der Waals surface area contributed by atoms with Gasteiger partial charge in [-0.15, -0.1) is 0 Å². The van der Waals surface area contributed by atoms with Gasteiger partial charge in [-0.3, -0.25) is 4.79 Å². The second-order valence-electron chi connectivity index (χ2n) is 6.37. The maximum atomic E-state index is 12.8. The predicted molar refractivity (Wildman–Crippen MR) is 101 cm³/mol. The zero-order valence-electron chi connectivity index (χ0n) is 16.2. The van der Waals surface area contributed by atoms with Crippen LogP contribution in [-0.4, -0.2) is 40.3 Å². The highest BCUT2D eigenvalue weighted by Crippen LogP contribution is 2.25. The van der Waals surface area contributed by atoms with Gasteiger partial charge in [0.1, 0.15) is 17.6 Å². The zero-order chi connectivity index (χ0) is 21.7. The van der Waals surface area contributed by atoms with Crippen molar-refractivity contribution in [2.24, 2.45) is 7.05 Å². The van der Waals surface area contributed by atoms with E-state index in [0.717, 1.165) is 11.8 Å². The highest BCUT2D eigenvalue weighted by molar-refractivity contribution is 5.94. The molecule has 1 aromatic carbocycles. The summed E-state index contributed by atoms with van der Waals surface area (Å²) in [5, 5.41) is 2.88. The Balaban J connectivity index is 1.80. The number of pyridine rings is 1. The van der Waals surface area contributed by atoms with Crippen LogP contribution in [0, 0.1) is 0 Å². The van der Waals surface area contributed by atoms with Crippen LogP contribution in [0.1, 0.15) is 27.8 Å². The third-order valence-electron chi connectivity index (χ3n) is 4.20. The maximum absolute atomic E-state index is 12.8. The van der Waals surface area contributed by atoms with Crippen molar-refractivity contribution >= 4 is 5.91 Å². The van der Waals surface area contributed by atoms with Crippen molar-refractivity contribution in [2.45, 2.75) is 12.2 Å². The molecule has 10 heteroatoms. The van der Waals surface area contributed by atoms with Crippen molar-refractivity contribution in [2.75, 3.05) is 13.7 Å². The molecule has 30 heavy (non-hydrogen) atoms. The number of halogens is 3. The molecular formula is C20H19F3N4O3. The Morgan fingerprint density at radius 1 is 1.23 bits per heavy atom. The Labute approximate surface area is 170 Å². The maximum Gasteiger partial charge on any atom is 0.422 e. The highest BCUT2D eigenvalue weighted by atomic mass is 19.4. The Morgan fingerprint density at radius 2 is 2.03 bits per heavy atom. The smallest absolute Gasteiger partial charge is 0.422 e. The number of aromatic nitrogens is 3. The standard InChI is InChI=1S/C20H19F3N4O3/c1-27-9-8-24-18(27)17(13-4-3-5-15(10-13)29-2)26-19(28)14-6-7-16(25-11-14)30-12-20(21,22)23/h3-11,17H,12H2,1-2H3,(H,26,28). The summed E-state index contributed by atoms with van der Waals surface area (Å²) in [5.41, 5.74) is 0.909. The van der Waals surface area contributed by atoms with Crippen LogP contribution in [0.15, 0.2) is 55.0 Å². The lowest BCUT2D eigenvalue weighted by molar-refractivity contribution is -0.154. The molecule has 1 amide bonds. The number of nitrogens with zero attached hydrogens (tertiary/aromatic N) is 3. The van der Waals surface area contributed by atoms with Crippen molar-refractivity contribution in [1.29, 1.82) is 0 Å². The first-order valence-electron chi connectivity index (χ1n) is 8.84. The van der Waals surface area contributed by atoms with Gasteiger partial charge in [-0.25, -0.2) is 9.97 Å². The Bertz CT molecular complexity index is 1000. The number of alkyl halides is 3. The van der Waals surface area contributed by atoms with Crippen molar-refractivity contribution in [3.8, 4) is 11.6 Å². The number of aryl methyl sites for hydroxylation is 1. The Kier molecular flexibility index (Phi) is 6.24. The summed E-state index contributed by atoms with van der Waals surface area (Å²) >= 11 is 0. The van der Waals surface area contributed by atoms with Gasteiger partial charge in [0.15, 0.2) is 6.61 Å². The Hall–Kier alpha value is -3.56. The molecule has 0 spiro atoms. The van der Waals surface area contributed by atoms with Crippen molar-refractivity contribution in [3.63, 3.8) is 0 Å². The molecule has 0 aliphatic heterocycles. The molecule has 3 aromatic rings. The number of rotatable bonds is 7. The minimum Gasteiger partial charge on any atom is -0.497 e. The van der Waals surface area contributed by atoms with E-state index in [0.29, 0.717) is 11.6 Å². The lowest BCUT2D eigenvalue weighted by atomic mass is 10.0. The summed E-state index contributed by atoms with van der Waals surface area (Å²) in [6.45, 7) is -1.46. The first-order valence-corrected chi connectivity index (χ1v) is 8.84. The lowest BCUT2D eigenvalue weighted by Gasteiger charge is -2.20. The van der Waals surface area contributed by atoms with E-state index in [1.165, 1.54) is 12.1 Å². The third kappa shape index (κ3) is 5.28. The molecule has 0 aliphatic carbocycles. The number of benzene rings is 1. The predicted octanol–water partition coefficient (Wildman–Crippen LogP) is 3.28. The van der Waals surface area contributed by atoms with E-state index in [4.69, 9.17) is 4.74 Å². The van der Waals surface area contributed by atoms with Gasteiger partial charge in [-0.05, 0) is 23.8 Å². The number of imidazole rings is 1. The SMILES string of the molecule is COc1cccc(C(NC(=O)c2ccc(OCC(F)(F)F)nc2)c2nccn2C)c1. The van der Waals surface area contributed by atoms with Crippen molar-refractivity contribution in [1.82, 2.24) is 19.9 Å². The molecule has 0 fully saturated rings. The highest BCUT2D eigenvalue weighted by Gasteiger charge is 2.28. The second kappa shape index (κ2) is 8.85. The number of carbonyl (C=O) groups is 1. The normalized spacial score (nSPS) is 12.3. The molecule has 2 heterocycles. The van der Waals surface area contributed by atoms with E-state index < -0.39 is 24.7 Å². The fraction of sp³-hybridized carbons (Fsp3) is 0.250. The summed E-state index contributed by atoms with van der Waals surface area (Å²) in [7, 11) is 3.34. The van der Waals surface area contributed by atoms with E-state index in [1.54, 1.807) is 49.3 Å². The number of hydrogen-bond acceptors (Lipinski definition) is 5. The molecule has 1 N–H and O–H groups in total. The average Bonchev–Trinajstić information content (AvgIpc) is 3.15. The van der Waals surface area contributed by atoms with Crippen molar-refractivity contribution < 1.29 is 27.4 Å². The first kappa shape index (κ1) is 21.2. The van der Waals surface area contributed by atoms with Crippen LogP contribution in [-0.2, 0) is 7.05 Å². The number of ether oxygens (including phenoxy) is 2. The summed E-state index contributed by atoms with van der Waals surface area (Å²) < 4.78 is 48.3. The van der Waals surface area contributed by atoms with Crippen LogP contribution in [0.2, 0.25) is 0 Å². The first-order chi connectivity index (χ1) is 14.3. The largest absolute Gasteiger partial charge is 0.497 e. The van der Waals surface area contributed by atoms with Crippen LogP contribution in [0.5, 0.6) is 11.6 Å². The molecule has 0 saturated heterocycles. The van der Waals surface area contributed by atoms with Gasteiger partial charge in [-0.1, -0.05) is 12.1 Å². The van der Waals surface area contributed by atoms with E-state index in [9.17, 15) is 18.0 Å². The van der Waals surface area contributed by atoms with Crippen LogP contribution in [0.25, 0.3) is 0 Å². The Morgan fingerprint density at radius 3 is 2.63 bits per heavy atom. The molecule has 1 unspecified atom stereocenters. The molecule has 2 aromatic heterocycles. The molecule has 3 rings (SSSR count). The quantitative estimate of drug-likeness (QED) is 0.635.